The van der Waals surface area contributed by atoms with E-state index in [-0.39, 0.29) is 43.4 Å². The van der Waals surface area contributed by atoms with Crippen LogP contribution in [0.5, 0.6) is 0 Å². The predicted molar refractivity (Wildman–Crippen MR) is 140 cm³/mol. The van der Waals surface area contributed by atoms with Crippen molar-refractivity contribution >= 4 is 43.5 Å². The molecule has 0 spiro atoms. The highest BCUT2D eigenvalue weighted by Gasteiger charge is 2.29. The van der Waals surface area contributed by atoms with Crippen molar-refractivity contribution in [1.29, 1.82) is 0 Å². The van der Waals surface area contributed by atoms with Crippen LogP contribution in [0, 0.1) is 5.82 Å². The number of hydrogen-bond donors (Lipinski definition) is 1. The van der Waals surface area contributed by atoms with Crippen molar-refractivity contribution < 1.29 is 22.4 Å². The molecule has 0 bridgehead atoms. The van der Waals surface area contributed by atoms with Gasteiger partial charge in [-0.05, 0) is 63.9 Å². The van der Waals surface area contributed by atoms with E-state index in [1.165, 1.54) is 23.1 Å². The number of carbonyl (C=O) groups excluding carboxylic acids is 2. The van der Waals surface area contributed by atoms with E-state index in [0.717, 1.165) is 20.6 Å². The molecule has 10 heteroatoms. The highest BCUT2D eigenvalue weighted by molar-refractivity contribution is 9.10. The third kappa shape index (κ3) is 8.92. The van der Waals surface area contributed by atoms with Gasteiger partial charge in [-0.1, -0.05) is 40.2 Å². The van der Waals surface area contributed by atoms with E-state index in [9.17, 15) is 22.4 Å². The summed E-state index contributed by atoms with van der Waals surface area (Å²) < 4.78 is 40.7. The van der Waals surface area contributed by atoms with E-state index in [2.05, 4.69) is 21.2 Å². The highest BCUT2D eigenvalue weighted by atomic mass is 79.9. The van der Waals surface area contributed by atoms with Crippen molar-refractivity contribution in [3.8, 4) is 0 Å². The Morgan fingerprint density at radius 3 is 2.23 bits per heavy atom. The van der Waals surface area contributed by atoms with E-state index in [1.54, 1.807) is 13.0 Å². The van der Waals surface area contributed by atoms with E-state index >= 15 is 0 Å². The van der Waals surface area contributed by atoms with Gasteiger partial charge in [0.25, 0.3) is 0 Å². The number of sulfonamides is 1. The number of hydrogen-bond acceptors (Lipinski definition) is 4. The van der Waals surface area contributed by atoms with Gasteiger partial charge in [-0.2, -0.15) is 0 Å². The van der Waals surface area contributed by atoms with Crippen molar-refractivity contribution in [3.05, 3.63) is 64.4 Å². The largest absolute Gasteiger partial charge is 0.350 e. The molecule has 0 aliphatic rings. The first-order chi connectivity index (χ1) is 16.2. The first-order valence-electron chi connectivity index (χ1n) is 11.3. The predicted octanol–water partition coefficient (Wildman–Crippen LogP) is 4.47. The Balaban J connectivity index is 2.19. The topological polar surface area (TPSA) is 86.8 Å². The summed E-state index contributed by atoms with van der Waals surface area (Å²) in [6.45, 7) is 7.40. The van der Waals surface area contributed by atoms with Crippen LogP contribution < -0.4 is 9.62 Å². The van der Waals surface area contributed by atoms with Crippen LogP contribution in [0.1, 0.15) is 46.1 Å². The smallest absolute Gasteiger partial charge is 0.242 e. The number of nitrogens with zero attached hydrogens (tertiary/aromatic N) is 2. The zero-order valence-corrected chi connectivity index (χ0v) is 23.1. The second kappa shape index (κ2) is 12.0. The molecule has 2 aromatic carbocycles. The normalized spacial score (nSPS) is 12.7. The Bertz CT molecular complexity index is 1130. The number of para-hydroxylation sites is 1. The maximum atomic E-state index is 14.3. The second-order valence-electron chi connectivity index (χ2n) is 9.45. The van der Waals surface area contributed by atoms with Crippen LogP contribution in [-0.4, -0.2) is 49.5 Å². The average Bonchev–Trinajstić information content (AvgIpc) is 2.74. The molecule has 0 radical (unpaired) electrons. The number of nitrogens with one attached hydrogen (secondary N) is 1. The van der Waals surface area contributed by atoms with E-state index < -0.39 is 27.4 Å². The van der Waals surface area contributed by atoms with Crippen LogP contribution in [0.25, 0.3) is 0 Å². The van der Waals surface area contributed by atoms with Gasteiger partial charge < -0.3 is 10.2 Å². The molecular formula is C25H33BrFN3O4S. The Kier molecular flexibility index (Phi) is 9.85. The van der Waals surface area contributed by atoms with Gasteiger partial charge in [0.15, 0.2) is 0 Å². The maximum Gasteiger partial charge on any atom is 0.242 e. The lowest BCUT2D eigenvalue weighted by Crippen LogP contribution is -2.52. The molecule has 0 aromatic heterocycles. The summed E-state index contributed by atoms with van der Waals surface area (Å²) >= 11 is 3.39. The summed E-state index contributed by atoms with van der Waals surface area (Å²) in [6.07, 6.45) is 1.15. The third-order valence-corrected chi connectivity index (χ3v) is 6.91. The summed E-state index contributed by atoms with van der Waals surface area (Å²) in [5.41, 5.74) is 0.320. The van der Waals surface area contributed by atoms with E-state index in [1.807, 2.05) is 45.0 Å². The Morgan fingerprint density at radius 1 is 1.09 bits per heavy atom. The highest BCUT2D eigenvalue weighted by Crippen LogP contribution is 2.22. The molecule has 2 aromatic rings. The molecule has 2 amide bonds. The lowest BCUT2D eigenvalue weighted by molar-refractivity contribution is -0.141. The quantitative estimate of drug-likeness (QED) is 0.457. The van der Waals surface area contributed by atoms with Crippen molar-refractivity contribution in [2.45, 2.75) is 58.7 Å². The fourth-order valence-electron chi connectivity index (χ4n) is 3.48. The first kappa shape index (κ1) is 28.8. The van der Waals surface area contributed by atoms with Crippen molar-refractivity contribution in [2.75, 3.05) is 17.1 Å². The van der Waals surface area contributed by atoms with Gasteiger partial charge in [0, 0.05) is 29.5 Å². The molecular weight excluding hydrogens is 537 g/mol. The number of amides is 2. The first-order valence-corrected chi connectivity index (χ1v) is 13.9. The number of carbonyl (C=O) groups is 2. The lowest BCUT2D eigenvalue weighted by atomic mass is 10.1. The Labute approximate surface area is 215 Å². The molecule has 1 atom stereocenters. The molecule has 0 aliphatic heterocycles. The molecule has 0 fully saturated rings. The number of anilines is 1. The fraction of sp³-hybridized carbons (Fsp3) is 0.440. The Hall–Kier alpha value is -2.46. The summed E-state index contributed by atoms with van der Waals surface area (Å²) in [6, 6.07) is 12.3. The van der Waals surface area contributed by atoms with Gasteiger partial charge in [-0.3, -0.25) is 13.9 Å². The van der Waals surface area contributed by atoms with Crippen LogP contribution in [0.15, 0.2) is 53.0 Å². The van der Waals surface area contributed by atoms with Gasteiger partial charge in [0.2, 0.25) is 21.8 Å². The minimum absolute atomic E-state index is 0.00978. The summed E-state index contributed by atoms with van der Waals surface area (Å²) in [7, 11) is -3.76. The van der Waals surface area contributed by atoms with Crippen LogP contribution in [-0.2, 0) is 26.2 Å². The zero-order chi connectivity index (χ0) is 26.4. The van der Waals surface area contributed by atoms with Crippen LogP contribution in [0.3, 0.4) is 0 Å². The molecule has 1 N–H and O–H groups in total. The van der Waals surface area contributed by atoms with Gasteiger partial charge in [-0.25, -0.2) is 12.8 Å². The molecule has 0 unspecified atom stereocenters. The summed E-state index contributed by atoms with van der Waals surface area (Å²) in [4.78, 5) is 27.6. The van der Waals surface area contributed by atoms with Crippen LogP contribution >= 0.6 is 15.9 Å². The van der Waals surface area contributed by atoms with Crippen molar-refractivity contribution in [1.82, 2.24) is 10.2 Å². The van der Waals surface area contributed by atoms with Gasteiger partial charge in [-0.15, -0.1) is 0 Å². The van der Waals surface area contributed by atoms with E-state index in [0.29, 0.717) is 0 Å². The van der Waals surface area contributed by atoms with Crippen molar-refractivity contribution in [3.63, 3.8) is 0 Å². The number of rotatable bonds is 10. The van der Waals surface area contributed by atoms with Crippen LogP contribution in [0.2, 0.25) is 0 Å². The van der Waals surface area contributed by atoms with Crippen molar-refractivity contribution in [2.24, 2.45) is 0 Å². The summed E-state index contributed by atoms with van der Waals surface area (Å²) in [5, 5.41) is 2.90. The molecule has 0 saturated carbocycles. The fourth-order valence-corrected chi connectivity index (χ4v) is 4.71. The molecule has 0 saturated heterocycles. The second-order valence-corrected chi connectivity index (χ2v) is 12.3. The number of halogens is 2. The SMILES string of the molecule is C[C@@H](C(=O)NC(C)(C)C)N(Cc1ccc(Br)cc1)C(=O)CCCN(c1ccccc1F)S(C)(=O)=O. The molecule has 7 nitrogen and oxygen atoms in total. The third-order valence-electron chi connectivity index (χ3n) is 5.20. The minimum atomic E-state index is -3.76. The summed E-state index contributed by atoms with van der Waals surface area (Å²) in [5.74, 6) is -1.24. The molecule has 0 heterocycles. The molecule has 35 heavy (non-hydrogen) atoms. The van der Waals surface area contributed by atoms with Gasteiger partial charge in [0.05, 0.1) is 11.9 Å². The van der Waals surface area contributed by atoms with E-state index in [4.69, 9.17) is 0 Å². The lowest BCUT2D eigenvalue weighted by Gasteiger charge is -2.32. The zero-order valence-electron chi connectivity index (χ0n) is 20.7. The molecule has 192 valence electrons. The van der Waals surface area contributed by atoms with Crippen LogP contribution in [0.4, 0.5) is 10.1 Å². The monoisotopic (exact) mass is 569 g/mol. The Morgan fingerprint density at radius 2 is 1.69 bits per heavy atom. The van der Waals surface area contributed by atoms with Gasteiger partial charge in [0.1, 0.15) is 11.9 Å². The molecule has 2 rings (SSSR count). The average molecular weight is 571 g/mol. The maximum absolute atomic E-state index is 14.3. The van der Waals surface area contributed by atoms with Gasteiger partial charge >= 0.3 is 0 Å². The standard InChI is InChI=1S/C25H33BrFN3O4S/c1-18(24(32)28-25(2,3)4)29(17-19-12-14-20(26)15-13-19)23(31)11-8-16-30(35(5,33)34)22-10-7-6-9-21(22)27/h6-7,9-10,12-15,18H,8,11,16-17H2,1-5H3,(H,28,32)/t18-/m0/s1. The molecule has 0 aliphatic carbocycles. The minimum Gasteiger partial charge on any atom is -0.350 e. The number of benzene rings is 2.